The fraction of sp³-hybridized carbons (Fsp3) is 0.200. The third-order valence-corrected chi connectivity index (χ3v) is 5.28. The topological polar surface area (TPSA) is 69.7 Å². The van der Waals surface area contributed by atoms with Crippen molar-refractivity contribution >= 4 is 48.7 Å². The summed E-state index contributed by atoms with van der Waals surface area (Å²) in [5.74, 6) is 1.54. The van der Waals surface area contributed by atoms with Gasteiger partial charge >= 0.3 is 0 Å². The number of methoxy groups -OCH3 is 2. The summed E-state index contributed by atoms with van der Waals surface area (Å²) in [6, 6.07) is 11.1. The van der Waals surface area contributed by atoms with Crippen molar-refractivity contribution in [1.82, 2.24) is 10.3 Å². The van der Waals surface area contributed by atoms with Gasteiger partial charge in [0.25, 0.3) is 5.91 Å². The van der Waals surface area contributed by atoms with Gasteiger partial charge in [-0.15, -0.1) is 0 Å². The predicted molar refractivity (Wildman–Crippen MR) is 114 cm³/mol. The molecule has 0 bridgehead atoms. The molecule has 0 aliphatic rings. The highest BCUT2D eigenvalue weighted by atomic mass is 79.9. The smallest absolute Gasteiger partial charge is 0.258 e. The fourth-order valence-electron chi connectivity index (χ4n) is 2.66. The lowest BCUT2D eigenvalue weighted by atomic mass is 10.2. The maximum atomic E-state index is 12.2. The molecule has 0 spiro atoms. The van der Waals surface area contributed by atoms with Crippen LogP contribution in [-0.4, -0.2) is 31.7 Å². The van der Waals surface area contributed by atoms with E-state index in [1.165, 1.54) is 0 Å². The first kappa shape index (κ1) is 20.4. The van der Waals surface area contributed by atoms with Crippen LogP contribution in [0.15, 0.2) is 51.5 Å². The number of fused-ring (bicyclic) bond motifs is 1. The van der Waals surface area contributed by atoms with Crippen molar-refractivity contribution in [2.24, 2.45) is 0 Å². The number of pyridine rings is 1. The average molecular weight is 510 g/mol. The van der Waals surface area contributed by atoms with Gasteiger partial charge in [0, 0.05) is 22.6 Å². The molecule has 0 saturated heterocycles. The molecule has 6 nitrogen and oxygen atoms in total. The van der Waals surface area contributed by atoms with E-state index in [2.05, 4.69) is 42.2 Å². The summed E-state index contributed by atoms with van der Waals surface area (Å²) < 4.78 is 17.9. The van der Waals surface area contributed by atoms with Crippen LogP contribution in [-0.2, 0) is 11.3 Å². The Morgan fingerprint density at radius 2 is 1.86 bits per heavy atom. The van der Waals surface area contributed by atoms with Crippen molar-refractivity contribution in [3.8, 4) is 17.2 Å². The average Bonchev–Trinajstić information content (AvgIpc) is 2.71. The van der Waals surface area contributed by atoms with Gasteiger partial charge in [-0.1, -0.05) is 28.1 Å². The van der Waals surface area contributed by atoms with E-state index in [1.54, 1.807) is 26.5 Å². The molecule has 1 amide bonds. The number of halogens is 2. The van der Waals surface area contributed by atoms with Gasteiger partial charge < -0.3 is 19.5 Å². The molecule has 1 N–H and O–H groups in total. The van der Waals surface area contributed by atoms with Crippen LogP contribution < -0.4 is 19.5 Å². The Labute approximate surface area is 179 Å². The second kappa shape index (κ2) is 9.25. The zero-order chi connectivity index (χ0) is 20.1. The maximum absolute atomic E-state index is 12.2. The van der Waals surface area contributed by atoms with Crippen molar-refractivity contribution in [2.75, 3.05) is 20.8 Å². The van der Waals surface area contributed by atoms with Crippen molar-refractivity contribution in [3.05, 3.63) is 57.1 Å². The van der Waals surface area contributed by atoms with Crippen LogP contribution >= 0.6 is 31.9 Å². The second-order valence-electron chi connectivity index (χ2n) is 5.82. The highest BCUT2D eigenvalue weighted by Crippen LogP contribution is 2.37. The van der Waals surface area contributed by atoms with Crippen LogP contribution in [0.25, 0.3) is 10.9 Å². The van der Waals surface area contributed by atoms with E-state index in [1.807, 2.05) is 30.3 Å². The zero-order valence-electron chi connectivity index (χ0n) is 15.3. The van der Waals surface area contributed by atoms with E-state index < -0.39 is 0 Å². The number of hydrogen-bond acceptors (Lipinski definition) is 5. The van der Waals surface area contributed by atoms with Gasteiger partial charge in [0.1, 0.15) is 5.52 Å². The number of hydrogen-bond donors (Lipinski definition) is 1. The molecule has 0 radical (unpaired) electrons. The lowest BCUT2D eigenvalue weighted by Gasteiger charge is -2.13. The van der Waals surface area contributed by atoms with E-state index in [9.17, 15) is 4.79 Å². The summed E-state index contributed by atoms with van der Waals surface area (Å²) in [6.07, 6.45) is 1.69. The van der Waals surface area contributed by atoms with Crippen LogP contribution in [0.4, 0.5) is 0 Å². The quantitative estimate of drug-likeness (QED) is 0.508. The van der Waals surface area contributed by atoms with Gasteiger partial charge in [-0.25, -0.2) is 0 Å². The number of carbonyl (C=O) groups is 1. The first-order valence-electron chi connectivity index (χ1n) is 8.36. The lowest BCUT2D eigenvalue weighted by molar-refractivity contribution is -0.123. The molecule has 0 aliphatic carbocycles. The van der Waals surface area contributed by atoms with Crippen LogP contribution in [0.3, 0.4) is 0 Å². The minimum atomic E-state index is -0.242. The fourth-order valence-corrected chi connectivity index (χ4v) is 4.05. The van der Waals surface area contributed by atoms with Crippen LogP contribution in [0.2, 0.25) is 0 Å². The number of ether oxygens (including phenoxy) is 3. The number of nitrogens with zero attached hydrogens (tertiary/aromatic N) is 1. The molecule has 0 atom stereocenters. The van der Waals surface area contributed by atoms with Crippen LogP contribution in [0, 0.1) is 0 Å². The largest absolute Gasteiger partial charge is 0.493 e. The Morgan fingerprint density at radius 3 is 2.61 bits per heavy atom. The molecule has 0 aliphatic heterocycles. The van der Waals surface area contributed by atoms with Crippen molar-refractivity contribution in [1.29, 1.82) is 0 Å². The van der Waals surface area contributed by atoms with Crippen LogP contribution in [0.1, 0.15) is 5.56 Å². The van der Waals surface area contributed by atoms with E-state index >= 15 is 0 Å². The Balaban J connectivity index is 1.65. The van der Waals surface area contributed by atoms with Gasteiger partial charge in [-0.3, -0.25) is 9.78 Å². The molecule has 0 unspecified atom stereocenters. The number of rotatable bonds is 7. The second-order valence-corrected chi connectivity index (χ2v) is 7.53. The summed E-state index contributed by atoms with van der Waals surface area (Å²) in [7, 11) is 3.15. The van der Waals surface area contributed by atoms with Gasteiger partial charge in [0.2, 0.25) is 0 Å². The highest BCUT2D eigenvalue weighted by Gasteiger charge is 2.14. The molecule has 146 valence electrons. The molecule has 3 rings (SSSR count). The van der Waals surface area contributed by atoms with Gasteiger partial charge in [-0.05, 0) is 45.8 Å². The van der Waals surface area contributed by atoms with E-state index in [-0.39, 0.29) is 12.5 Å². The van der Waals surface area contributed by atoms with Gasteiger partial charge in [0.15, 0.2) is 23.9 Å². The number of aromatic nitrogens is 1. The summed E-state index contributed by atoms with van der Waals surface area (Å²) in [5.41, 5.74) is 1.57. The molecule has 28 heavy (non-hydrogen) atoms. The first-order chi connectivity index (χ1) is 13.5. The molecule has 8 heteroatoms. The lowest BCUT2D eigenvalue weighted by Crippen LogP contribution is -2.28. The Morgan fingerprint density at radius 1 is 1.07 bits per heavy atom. The SMILES string of the molecule is COc1ccc(CNC(=O)COc2c(Br)cc(Br)c3cccnc23)cc1OC. The van der Waals surface area contributed by atoms with E-state index in [0.29, 0.717) is 29.3 Å². The monoisotopic (exact) mass is 508 g/mol. The van der Waals surface area contributed by atoms with Crippen molar-refractivity contribution in [3.63, 3.8) is 0 Å². The minimum Gasteiger partial charge on any atom is -0.493 e. The summed E-state index contributed by atoms with van der Waals surface area (Å²) >= 11 is 6.98. The Kier molecular flexibility index (Phi) is 6.74. The molecule has 1 heterocycles. The minimum absolute atomic E-state index is 0.126. The third kappa shape index (κ3) is 4.56. The van der Waals surface area contributed by atoms with Crippen LogP contribution in [0.5, 0.6) is 17.2 Å². The van der Waals surface area contributed by atoms with Gasteiger partial charge in [-0.2, -0.15) is 0 Å². The molecule has 1 aromatic heterocycles. The molecule has 0 fully saturated rings. The van der Waals surface area contributed by atoms with E-state index in [4.69, 9.17) is 14.2 Å². The molecule has 2 aromatic carbocycles. The normalized spacial score (nSPS) is 10.6. The Bertz CT molecular complexity index is 1010. The van der Waals surface area contributed by atoms with Crippen molar-refractivity contribution < 1.29 is 19.0 Å². The highest BCUT2D eigenvalue weighted by molar-refractivity contribution is 9.11. The summed E-state index contributed by atoms with van der Waals surface area (Å²) in [5, 5.41) is 3.74. The van der Waals surface area contributed by atoms with Crippen molar-refractivity contribution in [2.45, 2.75) is 6.54 Å². The third-order valence-electron chi connectivity index (χ3n) is 4.04. The number of benzene rings is 2. The predicted octanol–water partition coefficient (Wildman–Crippen LogP) is 4.47. The molecular formula is C20H18Br2N2O4. The summed E-state index contributed by atoms with van der Waals surface area (Å²) in [4.78, 5) is 16.6. The summed E-state index contributed by atoms with van der Waals surface area (Å²) in [6.45, 7) is 0.224. The molecule has 0 saturated carbocycles. The maximum Gasteiger partial charge on any atom is 0.258 e. The zero-order valence-corrected chi connectivity index (χ0v) is 18.5. The standard InChI is InChI=1S/C20H18Br2N2O4/c1-26-16-6-5-12(8-17(16)27-2)10-24-18(25)11-28-20-15(22)9-14(21)13-4-3-7-23-19(13)20/h3-9H,10-11H2,1-2H3,(H,24,25). The van der Waals surface area contributed by atoms with E-state index in [0.717, 1.165) is 19.9 Å². The number of carbonyl (C=O) groups excluding carboxylic acids is 1. The Hall–Kier alpha value is -2.32. The van der Waals surface area contributed by atoms with Gasteiger partial charge in [0.05, 0.1) is 18.7 Å². The molecular weight excluding hydrogens is 492 g/mol. The number of nitrogens with one attached hydrogen (secondary N) is 1. The first-order valence-corrected chi connectivity index (χ1v) is 9.95. The molecule has 3 aromatic rings. The number of amides is 1.